The van der Waals surface area contributed by atoms with Gasteiger partial charge in [-0.3, -0.25) is 9.59 Å². The molecule has 2 amide bonds. The number of primary amides is 1. The Morgan fingerprint density at radius 2 is 1.76 bits per heavy atom. The van der Waals surface area contributed by atoms with Gasteiger partial charge in [0.15, 0.2) is 5.69 Å². The van der Waals surface area contributed by atoms with Crippen molar-refractivity contribution in [2.75, 3.05) is 26.2 Å². The van der Waals surface area contributed by atoms with Crippen LogP contribution in [-0.2, 0) is 0 Å². The Morgan fingerprint density at radius 3 is 2.36 bits per heavy atom. The number of aromatic nitrogens is 2. The van der Waals surface area contributed by atoms with Gasteiger partial charge >= 0.3 is 0 Å². The summed E-state index contributed by atoms with van der Waals surface area (Å²) in [7, 11) is 0. The van der Waals surface area contributed by atoms with Gasteiger partial charge in [-0.05, 0) is 24.0 Å². The highest BCUT2D eigenvalue weighted by molar-refractivity contribution is 5.97. The average Bonchev–Trinajstić information content (AvgIpc) is 3.28. The Labute approximate surface area is 151 Å². The summed E-state index contributed by atoms with van der Waals surface area (Å²) in [6.07, 6.45) is 0. The maximum absolute atomic E-state index is 12.8. The molecule has 2 aliphatic rings. The van der Waals surface area contributed by atoms with Crippen LogP contribution in [-0.4, -0.2) is 52.7 Å². The predicted octanol–water partition coefficient (Wildman–Crippen LogP) is 0.684. The number of likely N-dealkylation sites (tertiary alicyclic amines) is 1. The molecule has 8 heteroatoms. The van der Waals surface area contributed by atoms with Crippen molar-refractivity contribution < 1.29 is 9.59 Å². The molecule has 0 spiro atoms. The van der Waals surface area contributed by atoms with E-state index in [9.17, 15) is 9.59 Å². The highest BCUT2D eigenvalue weighted by atomic mass is 35.5. The highest BCUT2D eigenvalue weighted by Gasteiger charge is 2.39. The number of nitrogens with zero attached hydrogens (tertiary/aromatic N) is 3. The second-order valence-corrected chi connectivity index (χ2v) is 6.41. The summed E-state index contributed by atoms with van der Waals surface area (Å²) >= 11 is 0. The van der Waals surface area contributed by atoms with Crippen LogP contribution >= 0.6 is 12.4 Å². The van der Waals surface area contributed by atoms with Crippen molar-refractivity contribution in [1.82, 2.24) is 20.0 Å². The van der Waals surface area contributed by atoms with Crippen LogP contribution < -0.4 is 11.1 Å². The molecule has 1 aromatic carbocycles. The third-order valence-electron chi connectivity index (χ3n) is 4.86. The molecule has 2 atom stereocenters. The Kier molecular flexibility index (Phi) is 4.78. The van der Waals surface area contributed by atoms with Crippen LogP contribution in [0, 0.1) is 11.8 Å². The number of para-hydroxylation sites is 1. The summed E-state index contributed by atoms with van der Waals surface area (Å²) < 4.78 is 1.44. The number of fused-ring (bicyclic) bond motifs is 1. The zero-order valence-electron chi connectivity index (χ0n) is 13.6. The van der Waals surface area contributed by atoms with E-state index in [-0.39, 0.29) is 29.7 Å². The summed E-state index contributed by atoms with van der Waals surface area (Å²) in [6.45, 7) is 3.39. The van der Waals surface area contributed by atoms with E-state index in [0.29, 0.717) is 17.5 Å². The van der Waals surface area contributed by atoms with Gasteiger partial charge in [0.05, 0.1) is 5.69 Å². The maximum Gasteiger partial charge on any atom is 0.274 e. The predicted molar refractivity (Wildman–Crippen MR) is 95.1 cm³/mol. The van der Waals surface area contributed by atoms with Crippen molar-refractivity contribution in [2.45, 2.75) is 0 Å². The van der Waals surface area contributed by atoms with Crippen molar-refractivity contribution >= 4 is 24.2 Å². The number of hydrogen-bond acceptors (Lipinski definition) is 4. The molecule has 7 nitrogen and oxygen atoms in total. The van der Waals surface area contributed by atoms with Crippen LogP contribution in [0.25, 0.3) is 5.69 Å². The molecular weight excluding hydrogens is 342 g/mol. The highest BCUT2D eigenvalue weighted by Crippen LogP contribution is 2.27. The zero-order valence-corrected chi connectivity index (χ0v) is 14.4. The van der Waals surface area contributed by atoms with Gasteiger partial charge in [0, 0.05) is 32.2 Å². The van der Waals surface area contributed by atoms with Crippen LogP contribution in [0.15, 0.2) is 36.4 Å². The molecule has 0 bridgehead atoms. The van der Waals surface area contributed by atoms with Crippen LogP contribution in [0.5, 0.6) is 0 Å². The summed E-state index contributed by atoms with van der Waals surface area (Å²) in [4.78, 5) is 26.3. The Hall–Kier alpha value is -2.38. The van der Waals surface area contributed by atoms with E-state index in [1.54, 1.807) is 0 Å². The van der Waals surface area contributed by atoms with Crippen molar-refractivity contribution in [2.24, 2.45) is 17.6 Å². The van der Waals surface area contributed by atoms with Gasteiger partial charge < -0.3 is 16.0 Å². The number of benzene rings is 1. The number of hydrogen-bond donors (Lipinski definition) is 2. The van der Waals surface area contributed by atoms with E-state index in [1.165, 1.54) is 10.7 Å². The molecule has 3 N–H and O–H groups in total. The van der Waals surface area contributed by atoms with Gasteiger partial charge in [0.25, 0.3) is 11.8 Å². The fourth-order valence-corrected chi connectivity index (χ4v) is 3.61. The maximum atomic E-state index is 12.8. The Morgan fingerprint density at radius 1 is 1.12 bits per heavy atom. The second-order valence-electron chi connectivity index (χ2n) is 6.41. The van der Waals surface area contributed by atoms with E-state index in [1.807, 2.05) is 35.2 Å². The molecule has 2 aliphatic heterocycles. The van der Waals surface area contributed by atoms with Crippen molar-refractivity contribution in [3.05, 3.63) is 47.8 Å². The smallest absolute Gasteiger partial charge is 0.274 e. The number of carbonyl (C=O) groups excluding carboxylic acids is 2. The molecule has 2 aromatic rings. The third kappa shape index (κ3) is 3.12. The molecule has 132 valence electrons. The molecule has 4 rings (SSSR count). The first kappa shape index (κ1) is 17.4. The summed E-state index contributed by atoms with van der Waals surface area (Å²) in [5, 5.41) is 7.70. The van der Waals surface area contributed by atoms with Crippen LogP contribution in [0.3, 0.4) is 0 Å². The number of amides is 2. The molecule has 1 aromatic heterocycles. The standard InChI is InChI=1S/C17H19N5O2.ClH/c18-16(23)15-6-14(20-22(15)13-4-2-1-3-5-13)17(24)21-9-11-7-19-8-12(11)10-21;/h1-6,11-12,19H,7-10H2,(H2,18,23);1H/t11-,12+;. The molecule has 25 heavy (non-hydrogen) atoms. The first-order chi connectivity index (χ1) is 11.6. The lowest BCUT2D eigenvalue weighted by Gasteiger charge is -2.15. The van der Waals surface area contributed by atoms with Crippen LogP contribution in [0.4, 0.5) is 0 Å². The van der Waals surface area contributed by atoms with Crippen molar-refractivity contribution in [1.29, 1.82) is 0 Å². The molecule has 2 fully saturated rings. The summed E-state index contributed by atoms with van der Waals surface area (Å²) in [6, 6.07) is 10.7. The van der Waals surface area contributed by atoms with Gasteiger partial charge in [-0.2, -0.15) is 5.10 Å². The molecule has 2 saturated heterocycles. The largest absolute Gasteiger partial charge is 0.364 e. The fourth-order valence-electron chi connectivity index (χ4n) is 3.61. The van der Waals surface area contributed by atoms with Crippen molar-refractivity contribution in [3.63, 3.8) is 0 Å². The van der Waals surface area contributed by atoms with Gasteiger partial charge in [0.2, 0.25) is 0 Å². The van der Waals surface area contributed by atoms with Gasteiger partial charge in [0.1, 0.15) is 5.69 Å². The topological polar surface area (TPSA) is 93.2 Å². The Balaban J connectivity index is 0.00000182. The number of nitrogens with two attached hydrogens (primary N) is 1. The number of rotatable bonds is 3. The fraction of sp³-hybridized carbons (Fsp3) is 0.353. The van der Waals surface area contributed by atoms with E-state index in [4.69, 9.17) is 5.73 Å². The minimum absolute atomic E-state index is 0. The monoisotopic (exact) mass is 361 g/mol. The average molecular weight is 362 g/mol. The number of halogens is 1. The van der Waals surface area contributed by atoms with Crippen LogP contribution in [0.2, 0.25) is 0 Å². The number of nitrogens with one attached hydrogen (secondary N) is 1. The zero-order chi connectivity index (χ0) is 16.7. The summed E-state index contributed by atoms with van der Waals surface area (Å²) in [5.41, 5.74) is 6.64. The molecule has 0 saturated carbocycles. The number of carbonyl (C=O) groups is 2. The normalized spacial score (nSPS) is 21.7. The molecule has 0 aliphatic carbocycles. The molecule has 0 radical (unpaired) electrons. The van der Waals surface area contributed by atoms with E-state index >= 15 is 0 Å². The molecule has 0 unspecified atom stereocenters. The lowest BCUT2D eigenvalue weighted by molar-refractivity contribution is 0.0775. The van der Waals surface area contributed by atoms with Gasteiger partial charge in [-0.15, -0.1) is 12.4 Å². The first-order valence-electron chi connectivity index (χ1n) is 8.09. The molecular formula is C17H20ClN5O2. The van der Waals surface area contributed by atoms with Crippen LogP contribution in [0.1, 0.15) is 21.0 Å². The minimum Gasteiger partial charge on any atom is -0.364 e. The van der Waals surface area contributed by atoms with E-state index < -0.39 is 5.91 Å². The van der Waals surface area contributed by atoms with E-state index in [2.05, 4.69) is 10.4 Å². The molecule has 3 heterocycles. The third-order valence-corrected chi connectivity index (χ3v) is 4.86. The van der Waals surface area contributed by atoms with E-state index in [0.717, 1.165) is 26.2 Å². The lowest BCUT2D eigenvalue weighted by Crippen LogP contribution is -2.32. The first-order valence-corrected chi connectivity index (χ1v) is 8.09. The summed E-state index contributed by atoms with van der Waals surface area (Å²) in [5.74, 6) is 0.288. The SMILES string of the molecule is Cl.NC(=O)c1cc(C(=O)N2C[C@H]3CNC[C@H]3C2)nn1-c1ccccc1. The van der Waals surface area contributed by atoms with Gasteiger partial charge in [-0.1, -0.05) is 18.2 Å². The second kappa shape index (κ2) is 6.85. The quantitative estimate of drug-likeness (QED) is 0.841. The van der Waals surface area contributed by atoms with Crippen molar-refractivity contribution in [3.8, 4) is 5.69 Å². The minimum atomic E-state index is -0.604. The Bertz CT molecular complexity index is 780. The van der Waals surface area contributed by atoms with Gasteiger partial charge in [-0.25, -0.2) is 4.68 Å². The lowest BCUT2D eigenvalue weighted by atomic mass is 10.0.